The molecule has 1 aromatic rings. The van der Waals surface area contributed by atoms with E-state index in [9.17, 15) is 14.7 Å². The highest BCUT2D eigenvalue weighted by Gasteiger charge is 2.42. The summed E-state index contributed by atoms with van der Waals surface area (Å²) in [5.74, 6) is 0.165. The molecule has 0 saturated carbocycles. The Morgan fingerprint density at radius 3 is 2.74 bits per heavy atom. The minimum Gasteiger partial charge on any atom is -0.508 e. The number of phenolic OH excluding ortho intramolecular Hbond substituents is 1. The normalized spacial score (nSPS) is 26.2. The summed E-state index contributed by atoms with van der Waals surface area (Å²) in [7, 11) is 0. The van der Waals surface area contributed by atoms with Crippen molar-refractivity contribution in [3.63, 3.8) is 0 Å². The van der Waals surface area contributed by atoms with Crippen LogP contribution in [-0.4, -0.2) is 40.4 Å². The summed E-state index contributed by atoms with van der Waals surface area (Å²) >= 11 is 0. The standard InChI is InChI=1S/C14H16N2O3/c17-10-5-3-9(4-6-10)8-11-14(19)16-7-1-2-12(16)13(18)15-11/h3-6,11-12,17H,1-2,7-8H2,(H,15,18)/t11?,12-/m0/s1. The highest BCUT2D eigenvalue weighted by molar-refractivity contribution is 5.97. The number of benzene rings is 1. The Morgan fingerprint density at radius 1 is 1.26 bits per heavy atom. The summed E-state index contributed by atoms with van der Waals surface area (Å²) in [4.78, 5) is 25.9. The zero-order valence-electron chi connectivity index (χ0n) is 10.5. The van der Waals surface area contributed by atoms with Crippen LogP contribution in [0.15, 0.2) is 24.3 Å². The van der Waals surface area contributed by atoms with Gasteiger partial charge in [-0.3, -0.25) is 9.59 Å². The number of nitrogens with one attached hydrogen (secondary N) is 1. The molecule has 3 rings (SSSR count). The number of hydrogen-bond donors (Lipinski definition) is 2. The molecular weight excluding hydrogens is 244 g/mol. The van der Waals surface area contributed by atoms with E-state index in [2.05, 4.69) is 5.32 Å². The van der Waals surface area contributed by atoms with Crippen LogP contribution in [0.4, 0.5) is 0 Å². The van der Waals surface area contributed by atoms with Gasteiger partial charge in [0.25, 0.3) is 0 Å². The van der Waals surface area contributed by atoms with Gasteiger partial charge in [0, 0.05) is 13.0 Å². The van der Waals surface area contributed by atoms with Gasteiger partial charge in [-0.1, -0.05) is 12.1 Å². The van der Waals surface area contributed by atoms with Gasteiger partial charge in [-0.2, -0.15) is 0 Å². The van der Waals surface area contributed by atoms with Crippen molar-refractivity contribution in [3.8, 4) is 5.75 Å². The average molecular weight is 260 g/mol. The monoisotopic (exact) mass is 260 g/mol. The maximum atomic E-state index is 12.3. The Morgan fingerprint density at radius 2 is 2.00 bits per heavy atom. The molecule has 2 amide bonds. The van der Waals surface area contributed by atoms with Gasteiger partial charge in [-0.25, -0.2) is 0 Å². The lowest BCUT2D eigenvalue weighted by Gasteiger charge is -2.34. The second kappa shape index (κ2) is 4.57. The molecule has 2 fully saturated rings. The van der Waals surface area contributed by atoms with Crippen molar-refractivity contribution in [1.82, 2.24) is 10.2 Å². The SMILES string of the molecule is O=C1NC(Cc2ccc(O)cc2)C(=O)N2CCC[C@@H]12. The Kier molecular flexibility index (Phi) is 2.89. The van der Waals surface area contributed by atoms with Crippen molar-refractivity contribution in [2.45, 2.75) is 31.3 Å². The fourth-order valence-electron chi connectivity index (χ4n) is 2.84. The van der Waals surface area contributed by atoms with Crippen molar-refractivity contribution >= 4 is 11.8 Å². The second-order valence-electron chi connectivity index (χ2n) is 5.12. The average Bonchev–Trinajstić information content (AvgIpc) is 2.88. The molecule has 2 N–H and O–H groups in total. The van der Waals surface area contributed by atoms with Gasteiger partial charge >= 0.3 is 0 Å². The van der Waals surface area contributed by atoms with Crippen LogP contribution in [0.1, 0.15) is 18.4 Å². The molecule has 0 spiro atoms. The molecule has 100 valence electrons. The molecule has 19 heavy (non-hydrogen) atoms. The number of aromatic hydroxyl groups is 1. The Hall–Kier alpha value is -2.04. The van der Waals surface area contributed by atoms with E-state index < -0.39 is 6.04 Å². The van der Waals surface area contributed by atoms with Crippen molar-refractivity contribution in [3.05, 3.63) is 29.8 Å². The van der Waals surface area contributed by atoms with E-state index in [0.29, 0.717) is 13.0 Å². The topological polar surface area (TPSA) is 69.6 Å². The molecule has 0 aliphatic carbocycles. The smallest absolute Gasteiger partial charge is 0.246 e. The number of fused-ring (bicyclic) bond motifs is 1. The van der Waals surface area contributed by atoms with Crippen LogP contribution in [0.2, 0.25) is 0 Å². The molecule has 2 aliphatic rings. The number of carbonyl (C=O) groups is 2. The van der Waals surface area contributed by atoms with E-state index in [-0.39, 0.29) is 23.6 Å². The lowest BCUT2D eigenvalue weighted by Crippen LogP contribution is -2.61. The van der Waals surface area contributed by atoms with E-state index in [4.69, 9.17) is 0 Å². The van der Waals surface area contributed by atoms with Crippen molar-refractivity contribution in [2.75, 3.05) is 6.54 Å². The third-order valence-corrected chi connectivity index (χ3v) is 3.83. The summed E-state index contributed by atoms with van der Waals surface area (Å²) in [6, 6.07) is 5.97. The molecule has 0 bridgehead atoms. The van der Waals surface area contributed by atoms with E-state index in [1.54, 1.807) is 29.2 Å². The van der Waals surface area contributed by atoms with Crippen LogP contribution in [0.25, 0.3) is 0 Å². The molecule has 2 aliphatic heterocycles. The molecule has 5 heteroatoms. The number of phenols is 1. The largest absolute Gasteiger partial charge is 0.508 e. The predicted octanol–water partition coefficient (Wildman–Crippen LogP) is 0.424. The second-order valence-corrected chi connectivity index (χ2v) is 5.12. The predicted molar refractivity (Wildman–Crippen MR) is 68.5 cm³/mol. The first kappa shape index (κ1) is 12.0. The Labute approximate surface area is 111 Å². The number of hydrogen-bond acceptors (Lipinski definition) is 3. The van der Waals surface area contributed by atoms with E-state index in [0.717, 1.165) is 18.4 Å². The molecule has 0 aromatic heterocycles. The molecule has 1 unspecified atom stereocenters. The number of piperazine rings is 1. The summed E-state index contributed by atoms with van der Waals surface area (Å²) < 4.78 is 0. The summed E-state index contributed by atoms with van der Waals surface area (Å²) in [6.45, 7) is 0.684. The first-order valence-electron chi connectivity index (χ1n) is 6.54. The van der Waals surface area contributed by atoms with Gasteiger partial charge in [0.15, 0.2) is 0 Å². The minimum absolute atomic E-state index is 0.00942. The van der Waals surface area contributed by atoms with E-state index in [1.807, 2.05) is 0 Å². The number of rotatable bonds is 2. The van der Waals surface area contributed by atoms with Crippen LogP contribution in [0.3, 0.4) is 0 Å². The van der Waals surface area contributed by atoms with Crippen LogP contribution in [-0.2, 0) is 16.0 Å². The summed E-state index contributed by atoms with van der Waals surface area (Å²) in [5, 5.41) is 12.0. The minimum atomic E-state index is -0.480. The van der Waals surface area contributed by atoms with E-state index in [1.165, 1.54) is 0 Å². The first-order valence-corrected chi connectivity index (χ1v) is 6.54. The van der Waals surface area contributed by atoms with Gasteiger partial charge in [0.05, 0.1) is 0 Å². The maximum Gasteiger partial charge on any atom is 0.246 e. The molecule has 2 atom stereocenters. The lowest BCUT2D eigenvalue weighted by atomic mass is 10.0. The third kappa shape index (κ3) is 2.16. The zero-order chi connectivity index (χ0) is 13.4. The van der Waals surface area contributed by atoms with Crippen molar-refractivity contribution in [2.24, 2.45) is 0 Å². The quantitative estimate of drug-likeness (QED) is 0.810. The van der Waals surface area contributed by atoms with Gasteiger partial charge in [0.1, 0.15) is 17.8 Å². The van der Waals surface area contributed by atoms with Crippen LogP contribution < -0.4 is 5.32 Å². The molecule has 0 radical (unpaired) electrons. The number of amides is 2. The molecule has 2 heterocycles. The highest BCUT2D eigenvalue weighted by Crippen LogP contribution is 2.23. The summed E-state index contributed by atoms with van der Waals surface area (Å²) in [6.07, 6.45) is 2.13. The van der Waals surface area contributed by atoms with Crippen LogP contribution >= 0.6 is 0 Å². The third-order valence-electron chi connectivity index (χ3n) is 3.83. The van der Waals surface area contributed by atoms with Crippen molar-refractivity contribution in [1.29, 1.82) is 0 Å². The Balaban J connectivity index is 1.76. The zero-order valence-corrected chi connectivity index (χ0v) is 10.5. The van der Waals surface area contributed by atoms with Gasteiger partial charge < -0.3 is 15.3 Å². The maximum absolute atomic E-state index is 12.3. The van der Waals surface area contributed by atoms with Crippen LogP contribution in [0.5, 0.6) is 5.75 Å². The fraction of sp³-hybridized carbons (Fsp3) is 0.429. The molecular formula is C14H16N2O3. The number of carbonyl (C=O) groups excluding carboxylic acids is 2. The molecule has 2 saturated heterocycles. The van der Waals surface area contributed by atoms with E-state index >= 15 is 0 Å². The lowest BCUT2D eigenvalue weighted by molar-refractivity contribution is -0.146. The van der Waals surface area contributed by atoms with Crippen molar-refractivity contribution < 1.29 is 14.7 Å². The molecule has 5 nitrogen and oxygen atoms in total. The van der Waals surface area contributed by atoms with Gasteiger partial charge in [-0.05, 0) is 30.5 Å². The van der Waals surface area contributed by atoms with Gasteiger partial charge in [0.2, 0.25) is 11.8 Å². The first-order chi connectivity index (χ1) is 9.15. The summed E-state index contributed by atoms with van der Waals surface area (Å²) in [5.41, 5.74) is 0.925. The molecule has 1 aromatic carbocycles. The van der Waals surface area contributed by atoms with Gasteiger partial charge in [-0.15, -0.1) is 0 Å². The highest BCUT2D eigenvalue weighted by atomic mass is 16.3. The number of nitrogens with zero attached hydrogens (tertiary/aromatic N) is 1. The Bertz CT molecular complexity index is 512. The fourth-order valence-corrected chi connectivity index (χ4v) is 2.84. The van der Waals surface area contributed by atoms with Crippen LogP contribution in [0, 0.1) is 0 Å².